The third kappa shape index (κ3) is 6.11. The highest BCUT2D eigenvalue weighted by atomic mass is 16.6. The quantitative estimate of drug-likeness (QED) is 0.421. The number of ether oxygens (including phenoxy) is 4. The molecule has 0 atom stereocenters. The Morgan fingerprint density at radius 1 is 0.971 bits per heavy atom. The molecule has 184 valence electrons. The molecule has 0 bridgehead atoms. The number of carboxylic acid groups (broad SMARTS) is 1. The van der Waals surface area contributed by atoms with E-state index in [9.17, 15) is 4.79 Å². The summed E-state index contributed by atoms with van der Waals surface area (Å²) in [7, 11) is 0. The number of anilines is 1. The fourth-order valence-corrected chi connectivity index (χ4v) is 3.85. The number of nitrogens with one attached hydrogen (secondary N) is 1. The van der Waals surface area contributed by atoms with Gasteiger partial charge in [0.25, 0.3) is 0 Å². The number of fused-ring (bicyclic) bond motifs is 1. The maximum Gasteiger partial charge on any atom is 0.307 e. The summed E-state index contributed by atoms with van der Waals surface area (Å²) in [6, 6.07) is 11.1. The summed E-state index contributed by atoms with van der Waals surface area (Å²) in [6.07, 6.45) is 2.10. The topological polar surface area (TPSA) is 112 Å². The van der Waals surface area contributed by atoms with E-state index in [2.05, 4.69) is 15.3 Å². The van der Waals surface area contributed by atoms with Gasteiger partial charge in [-0.1, -0.05) is 12.1 Å². The van der Waals surface area contributed by atoms with E-state index in [0.29, 0.717) is 68.0 Å². The number of aliphatic carboxylic acids is 1. The lowest BCUT2D eigenvalue weighted by atomic mass is 10.1. The predicted molar refractivity (Wildman–Crippen MR) is 131 cm³/mol. The van der Waals surface area contributed by atoms with Crippen molar-refractivity contribution >= 4 is 11.8 Å². The van der Waals surface area contributed by atoms with Gasteiger partial charge in [0, 0.05) is 29.8 Å². The Morgan fingerprint density at radius 3 is 2.40 bits per heavy atom. The fourth-order valence-electron chi connectivity index (χ4n) is 3.85. The second-order valence-corrected chi connectivity index (χ2v) is 7.83. The van der Waals surface area contributed by atoms with Crippen LogP contribution < -0.4 is 24.3 Å². The molecular weight excluding hydrogens is 450 g/mol. The van der Waals surface area contributed by atoms with Crippen LogP contribution in [0.1, 0.15) is 25.0 Å². The summed E-state index contributed by atoms with van der Waals surface area (Å²) in [5.41, 5.74) is 3.17. The number of nitrogens with zero attached hydrogens (tertiary/aromatic N) is 2. The highest BCUT2D eigenvalue weighted by molar-refractivity contribution is 5.73. The Balaban J connectivity index is 1.47. The number of carbonyl (C=O) groups is 1. The normalized spacial score (nSPS) is 12.2. The van der Waals surface area contributed by atoms with Crippen LogP contribution in [0.4, 0.5) is 5.82 Å². The zero-order chi connectivity index (χ0) is 24.6. The molecule has 0 spiro atoms. The number of carboxylic acids is 1. The maximum atomic E-state index is 11.2. The Labute approximate surface area is 204 Å². The molecule has 0 fully saturated rings. The molecule has 2 heterocycles. The second kappa shape index (κ2) is 11.4. The third-order valence-corrected chi connectivity index (χ3v) is 5.40. The first-order valence-electron chi connectivity index (χ1n) is 11.7. The summed E-state index contributed by atoms with van der Waals surface area (Å²) in [4.78, 5) is 19.9. The van der Waals surface area contributed by atoms with Gasteiger partial charge in [0.1, 0.15) is 36.9 Å². The Hall–Kier alpha value is -4.01. The van der Waals surface area contributed by atoms with Crippen LogP contribution in [0, 0.1) is 0 Å². The summed E-state index contributed by atoms with van der Waals surface area (Å²) >= 11 is 0. The first-order chi connectivity index (χ1) is 17.1. The minimum absolute atomic E-state index is 0.101. The van der Waals surface area contributed by atoms with Crippen LogP contribution >= 0.6 is 0 Å². The molecule has 1 aliphatic rings. The number of aromatic nitrogens is 2. The highest BCUT2D eigenvalue weighted by Crippen LogP contribution is 2.37. The lowest BCUT2D eigenvalue weighted by molar-refractivity contribution is -0.136. The summed E-state index contributed by atoms with van der Waals surface area (Å²) in [6.45, 7) is 6.50. The molecular formula is C26H29N3O6. The van der Waals surface area contributed by atoms with Crippen molar-refractivity contribution in [3.63, 3.8) is 0 Å². The molecule has 3 aromatic rings. The van der Waals surface area contributed by atoms with E-state index in [1.54, 1.807) is 6.07 Å². The van der Waals surface area contributed by atoms with Gasteiger partial charge in [0.15, 0.2) is 11.5 Å². The molecule has 0 aliphatic carbocycles. The lowest BCUT2D eigenvalue weighted by Gasteiger charge is -2.21. The van der Waals surface area contributed by atoms with Crippen LogP contribution in [0.2, 0.25) is 0 Å². The summed E-state index contributed by atoms with van der Waals surface area (Å²) in [5, 5.41) is 12.5. The molecule has 4 rings (SSSR count). The molecule has 1 aromatic heterocycles. The van der Waals surface area contributed by atoms with Crippen molar-refractivity contribution in [1.29, 1.82) is 0 Å². The van der Waals surface area contributed by atoms with Crippen molar-refractivity contribution < 1.29 is 28.8 Å². The van der Waals surface area contributed by atoms with Gasteiger partial charge in [0.05, 0.1) is 25.3 Å². The van der Waals surface area contributed by atoms with Gasteiger partial charge in [-0.2, -0.15) is 0 Å². The standard InChI is InChI=1S/C26H29N3O6/c1-3-32-21-11-17(5-6-18(21)13-26(30)31)20-14-25(29-16-28-20)27-8-7-19-12-23-24(35-10-9-34-23)15-22(19)33-4-2/h5-6,11-12,14-16H,3-4,7-10,13H2,1-2H3,(H,30,31)(H,27,28,29). The van der Waals surface area contributed by atoms with E-state index in [1.807, 2.05) is 44.2 Å². The van der Waals surface area contributed by atoms with Crippen LogP contribution in [0.25, 0.3) is 11.3 Å². The van der Waals surface area contributed by atoms with Gasteiger partial charge in [-0.25, -0.2) is 9.97 Å². The SMILES string of the molecule is CCOc1cc2c(cc1CCNc1cc(-c3ccc(CC(=O)O)c(OCC)c3)ncn1)OCCO2. The molecule has 0 amide bonds. The van der Waals surface area contributed by atoms with Crippen LogP contribution in [-0.2, 0) is 17.6 Å². The van der Waals surface area contributed by atoms with Gasteiger partial charge in [-0.15, -0.1) is 0 Å². The molecule has 0 radical (unpaired) electrons. The Kier molecular flexibility index (Phi) is 7.87. The molecule has 0 unspecified atom stereocenters. The highest BCUT2D eigenvalue weighted by Gasteiger charge is 2.17. The van der Waals surface area contributed by atoms with E-state index in [0.717, 1.165) is 22.6 Å². The summed E-state index contributed by atoms with van der Waals surface area (Å²) in [5.74, 6) is 2.54. The van der Waals surface area contributed by atoms with E-state index in [4.69, 9.17) is 24.1 Å². The molecule has 9 nitrogen and oxygen atoms in total. The number of hydrogen-bond donors (Lipinski definition) is 2. The first kappa shape index (κ1) is 24.1. The smallest absolute Gasteiger partial charge is 0.307 e. The van der Waals surface area contributed by atoms with Gasteiger partial charge in [-0.3, -0.25) is 4.79 Å². The van der Waals surface area contributed by atoms with Crippen LogP contribution in [0.15, 0.2) is 42.7 Å². The lowest BCUT2D eigenvalue weighted by Crippen LogP contribution is -2.16. The summed E-state index contributed by atoms with van der Waals surface area (Å²) < 4.78 is 22.9. The number of rotatable bonds is 11. The molecule has 0 saturated heterocycles. The van der Waals surface area contributed by atoms with Gasteiger partial charge < -0.3 is 29.4 Å². The minimum atomic E-state index is -0.905. The molecule has 2 N–H and O–H groups in total. The third-order valence-electron chi connectivity index (χ3n) is 5.40. The average molecular weight is 480 g/mol. The van der Waals surface area contributed by atoms with Crippen molar-refractivity contribution in [3.05, 3.63) is 53.9 Å². The minimum Gasteiger partial charge on any atom is -0.494 e. The van der Waals surface area contributed by atoms with E-state index < -0.39 is 5.97 Å². The Morgan fingerprint density at radius 2 is 1.69 bits per heavy atom. The van der Waals surface area contributed by atoms with Crippen LogP contribution in [0.3, 0.4) is 0 Å². The molecule has 1 aliphatic heterocycles. The first-order valence-corrected chi connectivity index (χ1v) is 11.7. The largest absolute Gasteiger partial charge is 0.494 e. The van der Waals surface area contributed by atoms with E-state index in [-0.39, 0.29) is 6.42 Å². The zero-order valence-corrected chi connectivity index (χ0v) is 19.9. The Bertz CT molecular complexity index is 1180. The molecule has 9 heteroatoms. The molecule has 2 aromatic carbocycles. The number of hydrogen-bond acceptors (Lipinski definition) is 8. The molecule has 35 heavy (non-hydrogen) atoms. The average Bonchev–Trinajstić information content (AvgIpc) is 2.85. The van der Waals surface area contributed by atoms with E-state index in [1.165, 1.54) is 6.33 Å². The van der Waals surface area contributed by atoms with E-state index >= 15 is 0 Å². The second-order valence-electron chi connectivity index (χ2n) is 7.83. The van der Waals surface area contributed by atoms with Crippen molar-refractivity contribution in [2.24, 2.45) is 0 Å². The van der Waals surface area contributed by atoms with Gasteiger partial charge in [-0.05, 0) is 38.0 Å². The monoisotopic (exact) mass is 479 g/mol. The van der Waals surface area contributed by atoms with Gasteiger partial charge >= 0.3 is 5.97 Å². The predicted octanol–water partition coefficient (Wildman–Crippen LogP) is 3.99. The van der Waals surface area contributed by atoms with Crippen molar-refractivity contribution in [1.82, 2.24) is 9.97 Å². The number of benzene rings is 2. The fraction of sp³-hybridized carbons (Fsp3) is 0.346. The maximum absolute atomic E-state index is 11.2. The zero-order valence-electron chi connectivity index (χ0n) is 19.9. The van der Waals surface area contributed by atoms with Crippen molar-refractivity contribution in [2.45, 2.75) is 26.7 Å². The van der Waals surface area contributed by atoms with Crippen LogP contribution in [0.5, 0.6) is 23.0 Å². The van der Waals surface area contributed by atoms with Crippen LogP contribution in [-0.4, -0.2) is 54.0 Å². The van der Waals surface area contributed by atoms with Crippen molar-refractivity contribution in [2.75, 3.05) is 38.3 Å². The molecule has 0 saturated carbocycles. The van der Waals surface area contributed by atoms with Gasteiger partial charge in [0.2, 0.25) is 0 Å². The van der Waals surface area contributed by atoms with Crippen molar-refractivity contribution in [3.8, 4) is 34.3 Å².